The third-order valence-corrected chi connectivity index (χ3v) is 5.87. The third kappa shape index (κ3) is 4.50. The maximum atomic E-state index is 12.6. The number of thiazole rings is 1. The van der Waals surface area contributed by atoms with Crippen LogP contribution in [0.4, 0.5) is 5.69 Å². The molecule has 1 amide bonds. The van der Waals surface area contributed by atoms with Gasteiger partial charge in [0.2, 0.25) is 0 Å². The van der Waals surface area contributed by atoms with Gasteiger partial charge in [0.15, 0.2) is 0 Å². The zero-order chi connectivity index (χ0) is 21.1. The SMILES string of the molecule is CC(C)(C)c1ccc(C(=O)Nc2ccc(-c3csc(-c4ccccc4)n3)cc2)cc1. The Balaban J connectivity index is 1.45. The van der Waals surface area contributed by atoms with Crippen molar-refractivity contribution in [3.8, 4) is 21.8 Å². The summed E-state index contributed by atoms with van der Waals surface area (Å²) in [7, 11) is 0. The third-order valence-electron chi connectivity index (χ3n) is 4.98. The second-order valence-corrected chi connectivity index (χ2v) is 9.12. The highest BCUT2D eigenvalue weighted by atomic mass is 32.1. The van der Waals surface area contributed by atoms with Crippen LogP contribution in [-0.2, 0) is 5.41 Å². The van der Waals surface area contributed by atoms with Crippen molar-refractivity contribution < 1.29 is 4.79 Å². The van der Waals surface area contributed by atoms with Gasteiger partial charge in [-0.25, -0.2) is 4.98 Å². The highest BCUT2D eigenvalue weighted by Crippen LogP contribution is 2.29. The fourth-order valence-corrected chi connectivity index (χ4v) is 4.00. The van der Waals surface area contributed by atoms with Crippen molar-refractivity contribution in [3.63, 3.8) is 0 Å². The molecule has 0 radical (unpaired) electrons. The predicted octanol–water partition coefficient (Wildman–Crippen LogP) is 7.03. The second kappa shape index (κ2) is 8.25. The van der Waals surface area contributed by atoms with E-state index in [0.29, 0.717) is 5.56 Å². The highest BCUT2D eigenvalue weighted by molar-refractivity contribution is 7.13. The molecule has 3 aromatic carbocycles. The molecule has 0 saturated carbocycles. The number of rotatable bonds is 4. The van der Waals surface area contributed by atoms with Crippen LogP contribution in [0.2, 0.25) is 0 Å². The maximum absolute atomic E-state index is 12.6. The van der Waals surface area contributed by atoms with Crippen molar-refractivity contribution in [1.29, 1.82) is 0 Å². The number of anilines is 1. The van der Waals surface area contributed by atoms with Gasteiger partial charge in [-0.1, -0.05) is 75.4 Å². The van der Waals surface area contributed by atoms with Crippen LogP contribution in [0, 0.1) is 0 Å². The van der Waals surface area contributed by atoms with Crippen molar-refractivity contribution >= 4 is 22.9 Å². The van der Waals surface area contributed by atoms with E-state index in [1.54, 1.807) is 11.3 Å². The lowest BCUT2D eigenvalue weighted by molar-refractivity contribution is 0.102. The Morgan fingerprint density at radius 3 is 2.13 bits per heavy atom. The van der Waals surface area contributed by atoms with Crippen molar-refractivity contribution in [2.24, 2.45) is 0 Å². The van der Waals surface area contributed by atoms with E-state index in [2.05, 4.69) is 43.6 Å². The van der Waals surface area contributed by atoms with Crippen LogP contribution >= 0.6 is 11.3 Å². The number of nitrogens with zero attached hydrogens (tertiary/aromatic N) is 1. The van der Waals surface area contributed by atoms with Crippen molar-refractivity contribution in [1.82, 2.24) is 4.98 Å². The summed E-state index contributed by atoms with van der Waals surface area (Å²) in [6, 6.07) is 25.8. The molecule has 1 heterocycles. The Labute approximate surface area is 181 Å². The molecule has 0 bridgehead atoms. The van der Waals surface area contributed by atoms with Crippen LogP contribution in [-0.4, -0.2) is 10.9 Å². The summed E-state index contributed by atoms with van der Waals surface area (Å²) in [4.78, 5) is 17.3. The number of aromatic nitrogens is 1. The van der Waals surface area contributed by atoms with E-state index in [9.17, 15) is 4.79 Å². The van der Waals surface area contributed by atoms with Gasteiger partial charge in [0.1, 0.15) is 5.01 Å². The highest BCUT2D eigenvalue weighted by Gasteiger charge is 2.14. The first kappa shape index (κ1) is 20.0. The molecule has 0 aliphatic heterocycles. The summed E-state index contributed by atoms with van der Waals surface area (Å²) in [5, 5.41) is 6.03. The number of nitrogens with one attached hydrogen (secondary N) is 1. The first-order valence-corrected chi connectivity index (χ1v) is 10.8. The number of hydrogen-bond donors (Lipinski definition) is 1. The van der Waals surface area contributed by atoms with Gasteiger partial charge >= 0.3 is 0 Å². The topological polar surface area (TPSA) is 42.0 Å². The number of carbonyl (C=O) groups is 1. The minimum absolute atomic E-state index is 0.0703. The van der Waals surface area contributed by atoms with Crippen LogP contribution < -0.4 is 5.32 Å². The minimum atomic E-state index is -0.108. The van der Waals surface area contributed by atoms with Crippen molar-refractivity contribution in [2.75, 3.05) is 5.32 Å². The molecular weight excluding hydrogens is 388 g/mol. The van der Waals surface area contributed by atoms with Gasteiger partial charge in [-0.2, -0.15) is 0 Å². The average Bonchev–Trinajstić information content (AvgIpc) is 3.25. The molecule has 4 heteroatoms. The largest absolute Gasteiger partial charge is 0.322 e. The molecule has 0 unspecified atom stereocenters. The smallest absolute Gasteiger partial charge is 0.255 e. The van der Waals surface area contributed by atoms with Crippen molar-refractivity contribution in [3.05, 3.63) is 95.4 Å². The number of amides is 1. The Morgan fingerprint density at radius 1 is 0.833 bits per heavy atom. The van der Waals surface area contributed by atoms with Gasteiger partial charge in [0.05, 0.1) is 5.69 Å². The molecule has 3 nitrogen and oxygen atoms in total. The summed E-state index contributed by atoms with van der Waals surface area (Å²) >= 11 is 1.63. The molecule has 30 heavy (non-hydrogen) atoms. The predicted molar refractivity (Wildman–Crippen MR) is 126 cm³/mol. The fraction of sp³-hybridized carbons (Fsp3) is 0.154. The van der Waals surface area contributed by atoms with E-state index in [0.717, 1.165) is 27.5 Å². The van der Waals surface area contributed by atoms with Gasteiger partial charge in [-0.15, -0.1) is 11.3 Å². The summed E-state index contributed by atoms with van der Waals surface area (Å²) < 4.78 is 0. The summed E-state index contributed by atoms with van der Waals surface area (Å²) in [6.07, 6.45) is 0. The fourth-order valence-electron chi connectivity index (χ4n) is 3.17. The Kier molecular flexibility index (Phi) is 5.51. The molecule has 0 saturated heterocycles. The number of carbonyl (C=O) groups excluding carboxylic acids is 1. The van der Waals surface area contributed by atoms with E-state index in [1.165, 1.54) is 5.56 Å². The van der Waals surface area contributed by atoms with E-state index < -0.39 is 0 Å². The Morgan fingerprint density at radius 2 is 1.50 bits per heavy atom. The van der Waals surface area contributed by atoms with Crippen LogP contribution in [0.3, 0.4) is 0 Å². The van der Waals surface area contributed by atoms with Crippen LogP contribution in [0.5, 0.6) is 0 Å². The van der Waals surface area contributed by atoms with Crippen LogP contribution in [0.25, 0.3) is 21.8 Å². The van der Waals surface area contributed by atoms with Gasteiger partial charge in [-0.05, 0) is 35.2 Å². The molecule has 150 valence electrons. The molecular formula is C26H24N2OS. The molecule has 0 fully saturated rings. The van der Waals surface area contributed by atoms with Crippen LogP contribution in [0.1, 0.15) is 36.7 Å². The second-order valence-electron chi connectivity index (χ2n) is 8.26. The lowest BCUT2D eigenvalue weighted by Gasteiger charge is -2.19. The number of benzene rings is 3. The first-order chi connectivity index (χ1) is 14.4. The molecule has 4 rings (SSSR count). The first-order valence-electron chi connectivity index (χ1n) is 9.93. The normalized spacial score (nSPS) is 11.3. The molecule has 4 aromatic rings. The van der Waals surface area contributed by atoms with E-state index in [4.69, 9.17) is 4.98 Å². The Hall–Kier alpha value is -3.24. The van der Waals surface area contributed by atoms with Gasteiger partial charge in [-0.3, -0.25) is 4.79 Å². The minimum Gasteiger partial charge on any atom is -0.322 e. The lowest BCUT2D eigenvalue weighted by atomic mass is 9.87. The molecule has 1 aromatic heterocycles. The zero-order valence-electron chi connectivity index (χ0n) is 17.3. The molecule has 0 aliphatic carbocycles. The molecule has 1 N–H and O–H groups in total. The van der Waals surface area contributed by atoms with Gasteiger partial charge in [0, 0.05) is 27.8 Å². The monoisotopic (exact) mass is 412 g/mol. The number of hydrogen-bond acceptors (Lipinski definition) is 3. The van der Waals surface area contributed by atoms with Crippen molar-refractivity contribution in [2.45, 2.75) is 26.2 Å². The molecule has 0 atom stereocenters. The quantitative estimate of drug-likeness (QED) is 0.391. The zero-order valence-corrected chi connectivity index (χ0v) is 18.2. The van der Waals surface area contributed by atoms with E-state index >= 15 is 0 Å². The van der Waals surface area contributed by atoms with Crippen LogP contribution in [0.15, 0.2) is 84.2 Å². The Bertz CT molecular complexity index is 1140. The molecule has 0 spiro atoms. The average molecular weight is 413 g/mol. The van der Waals surface area contributed by atoms with E-state index in [1.807, 2.05) is 66.7 Å². The maximum Gasteiger partial charge on any atom is 0.255 e. The standard InChI is InChI=1S/C26H24N2OS/c1-26(2,3)21-13-9-19(10-14-21)24(29)27-22-15-11-18(12-16-22)23-17-30-25(28-23)20-7-5-4-6-8-20/h4-17H,1-3H3,(H,27,29). The lowest BCUT2D eigenvalue weighted by Crippen LogP contribution is -2.14. The summed E-state index contributed by atoms with van der Waals surface area (Å²) in [5.74, 6) is -0.108. The van der Waals surface area contributed by atoms with Gasteiger partial charge < -0.3 is 5.32 Å². The molecule has 0 aliphatic rings. The van der Waals surface area contributed by atoms with Gasteiger partial charge in [0.25, 0.3) is 5.91 Å². The summed E-state index contributed by atoms with van der Waals surface area (Å²) in [5.41, 5.74) is 5.79. The van der Waals surface area contributed by atoms with E-state index in [-0.39, 0.29) is 11.3 Å². The summed E-state index contributed by atoms with van der Waals surface area (Å²) in [6.45, 7) is 6.48.